The number of phenolic OH excluding ortho intramolecular Hbond substituents is 1. The van der Waals surface area contributed by atoms with Crippen molar-refractivity contribution in [2.24, 2.45) is 4.99 Å². The van der Waals surface area contributed by atoms with Gasteiger partial charge in [0.15, 0.2) is 5.17 Å². The highest BCUT2D eigenvalue weighted by molar-refractivity contribution is 9.11. The second kappa shape index (κ2) is 8.41. The number of aromatic hydroxyl groups is 1. The standard InChI is InChI=1S/C19H16Br2N2O2S/c1-2-8-23-18(25)16(10-12-9-13(20)11-15(21)17(12)24)26-19(23)22-14-6-4-3-5-7-14/h3-7,9-11,24H,2,8H2,1H3/b16-10+,22-19?. The van der Waals surface area contributed by atoms with Crippen LogP contribution in [0.1, 0.15) is 18.9 Å². The highest BCUT2D eigenvalue weighted by Crippen LogP contribution is 2.38. The van der Waals surface area contributed by atoms with Gasteiger partial charge in [-0.15, -0.1) is 0 Å². The summed E-state index contributed by atoms with van der Waals surface area (Å²) < 4.78 is 1.38. The molecule has 2 aromatic carbocycles. The molecule has 0 atom stereocenters. The van der Waals surface area contributed by atoms with Crippen molar-refractivity contribution in [3.05, 3.63) is 61.9 Å². The third-order valence-corrected chi connectivity index (χ3v) is 5.73. The van der Waals surface area contributed by atoms with Gasteiger partial charge in [-0.2, -0.15) is 0 Å². The van der Waals surface area contributed by atoms with Crippen LogP contribution in [-0.4, -0.2) is 27.6 Å². The summed E-state index contributed by atoms with van der Waals surface area (Å²) in [5.41, 5.74) is 1.37. The number of hydrogen-bond donors (Lipinski definition) is 1. The van der Waals surface area contributed by atoms with Crippen molar-refractivity contribution >= 4 is 66.5 Å². The molecule has 0 spiro atoms. The largest absolute Gasteiger partial charge is 0.506 e. The van der Waals surface area contributed by atoms with Crippen molar-refractivity contribution in [2.45, 2.75) is 13.3 Å². The molecule has 1 saturated heterocycles. The average molecular weight is 496 g/mol. The third kappa shape index (κ3) is 4.22. The van der Waals surface area contributed by atoms with Crippen LogP contribution in [0.2, 0.25) is 0 Å². The molecular formula is C19H16Br2N2O2S. The molecule has 134 valence electrons. The quantitative estimate of drug-likeness (QED) is 0.534. The van der Waals surface area contributed by atoms with Gasteiger partial charge in [0.25, 0.3) is 5.91 Å². The first-order valence-corrected chi connectivity index (χ1v) is 10.4. The number of thioether (sulfide) groups is 1. The fraction of sp³-hybridized carbons (Fsp3) is 0.158. The number of phenols is 1. The number of carbonyl (C=O) groups is 1. The Hall–Kier alpha value is -1.57. The van der Waals surface area contributed by atoms with Crippen molar-refractivity contribution in [2.75, 3.05) is 6.54 Å². The van der Waals surface area contributed by atoms with Crippen LogP contribution in [0.3, 0.4) is 0 Å². The zero-order valence-electron chi connectivity index (χ0n) is 13.9. The van der Waals surface area contributed by atoms with Crippen LogP contribution in [-0.2, 0) is 4.79 Å². The molecule has 1 amide bonds. The van der Waals surface area contributed by atoms with E-state index in [0.29, 0.717) is 26.7 Å². The molecule has 4 nitrogen and oxygen atoms in total. The lowest BCUT2D eigenvalue weighted by Crippen LogP contribution is -2.29. The number of nitrogens with zero attached hydrogens (tertiary/aromatic N) is 2. The zero-order chi connectivity index (χ0) is 18.7. The molecule has 1 fully saturated rings. The van der Waals surface area contributed by atoms with Gasteiger partial charge in [0, 0.05) is 16.6 Å². The summed E-state index contributed by atoms with van der Waals surface area (Å²) in [6.07, 6.45) is 2.54. The lowest BCUT2D eigenvalue weighted by molar-refractivity contribution is -0.122. The number of benzene rings is 2. The number of amides is 1. The average Bonchev–Trinajstić information content (AvgIpc) is 2.89. The number of para-hydroxylation sites is 1. The smallest absolute Gasteiger partial charge is 0.266 e. The van der Waals surface area contributed by atoms with E-state index in [1.165, 1.54) is 11.8 Å². The van der Waals surface area contributed by atoms with Crippen molar-refractivity contribution in [3.8, 4) is 5.75 Å². The Morgan fingerprint density at radius 1 is 1.23 bits per heavy atom. The topological polar surface area (TPSA) is 52.9 Å². The summed E-state index contributed by atoms with van der Waals surface area (Å²) in [6.45, 7) is 2.63. The van der Waals surface area contributed by atoms with Crippen LogP contribution in [0.4, 0.5) is 5.69 Å². The molecule has 0 radical (unpaired) electrons. The van der Waals surface area contributed by atoms with Crippen molar-refractivity contribution in [1.82, 2.24) is 4.90 Å². The number of hydrogen-bond acceptors (Lipinski definition) is 4. The molecule has 0 unspecified atom stereocenters. The molecule has 3 rings (SSSR count). The molecule has 7 heteroatoms. The van der Waals surface area contributed by atoms with E-state index >= 15 is 0 Å². The van der Waals surface area contributed by atoms with Gasteiger partial charge < -0.3 is 5.11 Å². The number of rotatable bonds is 4. The van der Waals surface area contributed by atoms with Crippen molar-refractivity contribution in [1.29, 1.82) is 0 Å². The molecule has 0 aromatic heterocycles. The number of carbonyl (C=O) groups excluding carboxylic acids is 1. The number of amidine groups is 1. The Morgan fingerprint density at radius 3 is 2.65 bits per heavy atom. The van der Waals surface area contributed by atoms with E-state index in [2.05, 4.69) is 36.9 Å². The van der Waals surface area contributed by atoms with Gasteiger partial charge in [0.1, 0.15) is 5.75 Å². The number of halogens is 2. The molecule has 2 aromatic rings. The molecule has 1 aliphatic heterocycles. The van der Waals surface area contributed by atoms with Crippen LogP contribution in [0, 0.1) is 0 Å². The monoisotopic (exact) mass is 494 g/mol. The third-order valence-electron chi connectivity index (χ3n) is 3.66. The van der Waals surface area contributed by atoms with Crippen LogP contribution < -0.4 is 0 Å². The summed E-state index contributed by atoms with van der Waals surface area (Å²) in [5.74, 6) is 0.00613. The predicted octanol–water partition coefficient (Wildman–Crippen LogP) is 5.93. The Labute approximate surface area is 173 Å². The molecule has 0 saturated carbocycles. The van der Waals surface area contributed by atoms with E-state index in [4.69, 9.17) is 0 Å². The van der Waals surface area contributed by atoms with Crippen LogP contribution in [0.15, 0.2) is 61.3 Å². The van der Waals surface area contributed by atoms with Gasteiger partial charge >= 0.3 is 0 Å². The highest BCUT2D eigenvalue weighted by Gasteiger charge is 2.33. The Balaban J connectivity index is 2.00. The van der Waals surface area contributed by atoms with Gasteiger partial charge in [-0.25, -0.2) is 4.99 Å². The lowest BCUT2D eigenvalue weighted by Gasteiger charge is -2.13. The van der Waals surface area contributed by atoms with Gasteiger partial charge in [0.05, 0.1) is 15.1 Å². The first kappa shape index (κ1) is 19.2. The normalized spacial score (nSPS) is 17.5. The van der Waals surface area contributed by atoms with Gasteiger partial charge in [-0.1, -0.05) is 41.1 Å². The summed E-state index contributed by atoms with van der Waals surface area (Å²) >= 11 is 8.05. The Bertz CT molecular complexity index is 898. The van der Waals surface area contributed by atoms with E-state index in [1.807, 2.05) is 37.3 Å². The fourth-order valence-electron chi connectivity index (χ4n) is 2.46. The van der Waals surface area contributed by atoms with Crippen LogP contribution in [0.25, 0.3) is 6.08 Å². The molecule has 26 heavy (non-hydrogen) atoms. The molecule has 1 heterocycles. The second-order valence-electron chi connectivity index (χ2n) is 5.62. The molecule has 1 N–H and O–H groups in total. The van der Waals surface area contributed by atoms with Gasteiger partial charge in [0.2, 0.25) is 0 Å². The Morgan fingerprint density at radius 2 is 1.96 bits per heavy atom. The number of aliphatic imine (C=N–C) groups is 1. The fourth-order valence-corrected chi connectivity index (χ4v) is 4.74. The van der Waals surface area contributed by atoms with E-state index in [0.717, 1.165) is 16.6 Å². The Kier molecular flexibility index (Phi) is 6.21. The first-order valence-electron chi connectivity index (χ1n) is 8.02. The SMILES string of the molecule is CCCN1C(=O)/C(=C\c2cc(Br)cc(Br)c2O)SC1=Nc1ccccc1. The van der Waals surface area contributed by atoms with Crippen molar-refractivity contribution < 1.29 is 9.90 Å². The molecule has 1 aliphatic rings. The molecule has 0 bridgehead atoms. The summed E-state index contributed by atoms with van der Waals surface area (Å²) in [5, 5.41) is 10.9. The lowest BCUT2D eigenvalue weighted by atomic mass is 10.2. The minimum atomic E-state index is -0.0953. The van der Waals surface area contributed by atoms with E-state index in [1.54, 1.807) is 23.1 Å². The maximum atomic E-state index is 12.8. The minimum Gasteiger partial charge on any atom is -0.506 e. The molecular weight excluding hydrogens is 480 g/mol. The first-order chi connectivity index (χ1) is 12.5. The van der Waals surface area contributed by atoms with Crippen molar-refractivity contribution in [3.63, 3.8) is 0 Å². The maximum absolute atomic E-state index is 12.8. The zero-order valence-corrected chi connectivity index (χ0v) is 17.9. The summed E-state index contributed by atoms with van der Waals surface area (Å²) in [7, 11) is 0. The summed E-state index contributed by atoms with van der Waals surface area (Å²) in [6, 6.07) is 13.1. The van der Waals surface area contributed by atoms with E-state index in [-0.39, 0.29) is 11.7 Å². The molecule has 0 aliphatic carbocycles. The summed E-state index contributed by atoms with van der Waals surface area (Å²) in [4.78, 5) is 19.7. The minimum absolute atomic E-state index is 0.0953. The van der Waals surface area contributed by atoms with Crippen LogP contribution >= 0.6 is 43.6 Å². The highest BCUT2D eigenvalue weighted by atomic mass is 79.9. The van der Waals surface area contributed by atoms with Crippen LogP contribution in [0.5, 0.6) is 5.75 Å². The van der Waals surface area contributed by atoms with Gasteiger partial charge in [-0.3, -0.25) is 9.69 Å². The van der Waals surface area contributed by atoms with Gasteiger partial charge in [-0.05, 0) is 64.5 Å². The predicted molar refractivity (Wildman–Crippen MR) is 115 cm³/mol. The second-order valence-corrected chi connectivity index (χ2v) is 8.40. The maximum Gasteiger partial charge on any atom is 0.266 e. The van der Waals surface area contributed by atoms with E-state index < -0.39 is 0 Å². The van der Waals surface area contributed by atoms with E-state index in [9.17, 15) is 9.90 Å².